The largest absolute Gasteiger partial charge is 2.00 e. The molecule has 0 saturated carbocycles. The van der Waals surface area contributed by atoms with E-state index in [0.29, 0.717) is 0 Å². The van der Waals surface area contributed by atoms with Crippen LogP contribution in [0.5, 0.6) is 0 Å². The average molecular weight is 545 g/mol. The molecule has 2 aromatic carbocycles. The molecule has 2 nitrogen and oxygen atoms in total. The Morgan fingerprint density at radius 2 is 1.03 bits per heavy atom. The van der Waals surface area contributed by atoms with Crippen LogP contribution in [0.1, 0.15) is 114 Å². The summed E-state index contributed by atoms with van der Waals surface area (Å²) in [5, 5.41) is 0. The minimum absolute atomic E-state index is 0. The monoisotopic (exact) mass is 544 g/mol. The van der Waals surface area contributed by atoms with Crippen LogP contribution in [0, 0.1) is 14.9 Å². The number of allylic oxidation sites excluding steroid dienone is 2. The second kappa shape index (κ2) is 18.3. The fraction of sp³-hybridized carbons (Fsp3) is 0.471. The summed E-state index contributed by atoms with van der Waals surface area (Å²) < 4.78 is 1.53. The molecular weight excluding hydrogens is 495 g/mol. The molecule has 0 radical (unpaired) electrons. The van der Waals surface area contributed by atoms with Crippen LogP contribution < -0.4 is 0 Å². The van der Waals surface area contributed by atoms with E-state index in [0.717, 1.165) is 61.0 Å². The van der Waals surface area contributed by atoms with Crippen LogP contribution in [0.2, 0.25) is 0 Å². The van der Waals surface area contributed by atoms with E-state index in [1.54, 1.807) is 0 Å². The number of aryl methyl sites for hydroxylation is 2. The van der Waals surface area contributed by atoms with Crippen LogP contribution in [0.3, 0.4) is 0 Å². The molecule has 0 N–H and O–H groups in total. The Kier molecular flexibility index (Phi) is 17.3. The maximum atomic E-state index is 11.7. The van der Waals surface area contributed by atoms with Crippen molar-refractivity contribution < 1.29 is 21.2 Å². The maximum Gasteiger partial charge on any atom is 2.00 e. The minimum atomic E-state index is 0. The van der Waals surface area contributed by atoms with Crippen molar-refractivity contribution in [3.8, 4) is 0 Å². The Balaban J connectivity index is 0.00000432. The van der Waals surface area contributed by atoms with Crippen molar-refractivity contribution in [2.45, 2.75) is 105 Å². The van der Waals surface area contributed by atoms with Crippen LogP contribution in [0.15, 0.2) is 59.7 Å². The molecule has 0 spiro atoms. The van der Waals surface area contributed by atoms with Crippen molar-refractivity contribution in [2.24, 2.45) is 0 Å². The van der Waals surface area contributed by atoms with E-state index >= 15 is 0 Å². The number of benzene rings is 2. The summed E-state index contributed by atoms with van der Waals surface area (Å²) in [6.45, 7) is 8.92. The predicted molar refractivity (Wildman–Crippen MR) is 159 cm³/mol. The van der Waals surface area contributed by atoms with Crippen molar-refractivity contribution >= 4 is 11.4 Å². The molecule has 0 atom stereocenters. The summed E-state index contributed by atoms with van der Waals surface area (Å²) in [5.41, 5.74) is 21.3. The number of rotatable bonds is 14. The number of hydrogen-bond acceptors (Lipinski definition) is 0. The Hall–Kier alpha value is -1.99. The van der Waals surface area contributed by atoms with Gasteiger partial charge in [0.05, 0.1) is 0 Å². The molecular formula is C34H50N2Ni. The molecule has 0 unspecified atom stereocenters. The van der Waals surface area contributed by atoms with Gasteiger partial charge in [-0.3, -0.25) is 0 Å². The molecule has 1 aliphatic heterocycles. The second-order valence-corrected chi connectivity index (χ2v) is 9.70. The summed E-state index contributed by atoms with van der Waals surface area (Å²) >= 11 is 0. The van der Waals surface area contributed by atoms with Gasteiger partial charge in [-0.25, -0.2) is 4.70 Å². The van der Waals surface area contributed by atoms with Gasteiger partial charge in [-0.05, 0) is 73.9 Å². The topological polar surface area (TPSA) is 25.3 Å². The van der Waals surface area contributed by atoms with Gasteiger partial charge in [0.2, 0.25) is 11.4 Å². The van der Waals surface area contributed by atoms with E-state index in [1.165, 1.54) is 65.5 Å². The molecule has 1 aliphatic rings. The maximum absolute atomic E-state index is 11.7. The predicted octanol–water partition coefficient (Wildman–Crippen LogP) is 10.8. The molecule has 0 aliphatic carbocycles. The van der Waals surface area contributed by atoms with Gasteiger partial charge in [-0.2, -0.15) is 0 Å². The SMILES string of the molecule is CCCCCCCCC1=C(c2cccc(CC)c2)[N+](=[N-])C(c2cccc(CC)c2)=C1CCCC.[CH3-].[CH3-].[Ni+2]. The summed E-state index contributed by atoms with van der Waals surface area (Å²) in [6, 6.07) is 17.5. The third-order valence-electron chi connectivity index (χ3n) is 7.14. The van der Waals surface area contributed by atoms with Gasteiger partial charge in [0.15, 0.2) is 0 Å². The van der Waals surface area contributed by atoms with Crippen molar-refractivity contribution in [3.05, 3.63) is 102 Å². The van der Waals surface area contributed by atoms with Gasteiger partial charge >= 0.3 is 16.5 Å². The molecule has 0 amide bonds. The van der Waals surface area contributed by atoms with Gasteiger partial charge in [-0.1, -0.05) is 90.5 Å². The zero-order valence-electron chi connectivity index (χ0n) is 24.3. The Labute approximate surface area is 239 Å². The fourth-order valence-electron chi connectivity index (χ4n) is 5.10. The van der Waals surface area contributed by atoms with Gasteiger partial charge in [-0.15, -0.1) is 0 Å². The molecule has 0 saturated heterocycles. The molecule has 0 bridgehead atoms. The summed E-state index contributed by atoms with van der Waals surface area (Å²) in [7, 11) is 0. The van der Waals surface area contributed by atoms with Crippen molar-refractivity contribution in [1.82, 2.24) is 0 Å². The van der Waals surface area contributed by atoms with Gasteiger partial charge in [0, 0.05) is 22.3 Å². The third-order valence-corrected chi connectivity index (χ3v) is 7.14. The van der Waals surface area contributed by atoms with E-state index in [1.807, 2.05) is 0 Å². The molecule has 0 aromatic heterocycles. The standard InChI is InChI=1S/C32H44N2.2CH3.Ni/c1-5-9-11-12-13-14-22-30-29(21-10-6-2)31(27-19-15-17-25(7-3)23-27)34(33)32(30)28-20-16-18-26(8-4)24-28;;;/h15-20,23-24H,5-14,21-22H2,1-4H3;2*1H3;/q;2*-1;+2. The first-order valence-corrected chi connectivity index (χ1v) is 13.8. The van der Waals surface area contributed by atoms with Gasteiger partial charge < -0.3 is 20.4 Å². The number of hydrogen-bond donors (Lipinski definition) is 0. The first-order valence-electron chi connectivity index (χ1n) is 13.8. The molecule has 1 heterocycles. The van der Waals surface area contributed by atoms with Crippen molar-refractivity contribution in [3.63, 3.8) is 0 Å². The van der Waals surface area contributed by atoms with E-state index < -0.39 is 0 Å². The normalized spacial score (nSPS) is 12.8. The second-order valence-electron chi connectivity index (χ2n) is 9.70. The molecule has 2 aromatic rings. The smallest absolute Gasteiger partial charge is 0.493 e. The van der Waals surface area contributed by atoms with Crippen LogP contribution in [0.25, 0.3) is 16.9 Å². The van der Waals surface area contributed by atoms with E-state index in [-0.39, 0.29) is 31.3 Å². The minimum Gasteiger partial charge on any atom is -0.493 e. The van der Waals surface area contributed by atoms with E-state index in [4.69, 9.17) is 0 Å². The van der Waals surface area contributed by atoms with E-state index in [2.05, 4.69) is 76.2 Å². The van der Waals surface area contributed by atoms with Crippen LogP contribution in [0.4, 0.5) is 0 Å². The zero-order valence-corrected chi connectivity index (χ0v) is 25.3. The number of unbranched alkanes of at least 4 members (excludes halogenated alkanes) is 6. The first-order chi connectivity index (χ1) is 16.6. The zero-order chi connectivity index (χ0) is 24.3. The third kappa shape index (κ3) is 9.06. The Morgan fingerprint density at radius 1 is 0.595 bits per heavy atom. The summed E-state index contributed by atoms with van der Waals surface area (Å²) in [4.78, 5) is 0. The molecule has 3 heteroatoms. The first kappa shape index (κ1) is 35.0. The van der Waals surface area contributed by atoms with Crippen LogP contribution in [-0.4, -0.2) is 4.70 Å². The van der Waals surface area contributed by atoms with Gasteiger partial charge in [0.25, 0.3) is 0 Å². The Bertz CT molecular complexity index is 1030. The van der Waals surface area contributed by atoms with Crippen LogP contribution >= 0.6 is 0 Å². The molecule has 0 fully saturated rings. The molecule has 3 rings (SSSR count). The summed E-state index contributed by atoms with van der Waals surface area (Å²) in [6.07, 6.45) is 14.1. The summed E-state index contributed by atoms with van der Waals surface area (Å²) in [5.74, 6) is 0. The average Bonchev–Trinajstić information content (AvgIpc) is 3.15. The quantitative estimate of drug-likeness (QED) is 0.0977. The molecule has 37 heavy (non-hydrogen) atoms. The van der Waals surface area contributed by atoms with E-state index in [9.17, 15) is 5.53 Å². The van der Waals surface area contributed by atoms with Gasteiger partial charge in [0.1, 0.15) is 0 Å². The van der Waals surface area contributed by atoms with Crippen molar-refractivity contribution in [1.29, 1.82) is 0 Å². The Morgan fingerprint density at radius 3 is 1.49 bits per heavy atom. The molecule has 206 valence electrons. The fourth-order valence-corrected chi connectivity index (χ4v) is 5.10. The van der Waals surface area contributed by atoms with Crippen molar-refractivity contribution in [2.75, 3.05) is 0 Å². The van der Waals surface area contributed by atoms with Crippen LogP contribution in [-0.2, 0) is 29.3 Å². The number of nitrogens with zero attached hydrogens (tertiary/aromatic N) is 2.